The van der Waals surface area contributed by atoms with Crippen molar-refractivity contribution in [3.8, 4) is 0 Å². The van der Waals surface area contributed by atoms with Crippen LogP contribution in [0.25, 0.3) is 0 Å². The predicted molar refractivity (Wildman–Crippen MR) is 81.5 cm³/mol. The number of nitrogens with one attached hydrogen (secondary N) is 2. The van der Waals surface area contributed by atoms with Gasteiger partial charge in [0.25, 0.3) is 11.5 Å². The molecule has 6 nitrogen and oxygen atoms in total. The van der Waals surface area contributed by atoms with E-state index in [4.69, 9.17) is 0 Å². The minimum atomic E-state index is -0.438. The van der Waals surface area contributed by atoms with E-state index in [2.05, 4.69) is 20.2 Å². The van der Waals surface area contributed by atoms with Gasteiger partial charge >= 0.3 is 0 Å². The van der Waals surface area contributed by atoms with Gasteiger partial charge in [0.1, 0.15) is 5.56 Å². The number of amides is 1. The zero-order valence-corrected chi connectivity index (χ0v) is 12.0. The first kappa shape index (κ1) is 14.8. The number of para-hydroxylation sites is 1. The molecule has 0 aliphatic rings. The lowest BCUT2D eigenvalue weighted by Crippen LogP contribution is -2.41. The van der Waals surface area contributed by atoms with Crippen molar-refractivity contribution in [2.24, 2.45) is 0 Å². The molecule has 0 saturated carbocycles. The zero-order chi connectivity index (χ0) is 15.2. The highest BCUT2D eigenvalue weighted by atomic mass is 16.2. The number of nitrogens with zero attached hydrogens (tertiary/aromatic N) is 2. The summed E-state index contributed by atoms with van der Waals surface area (Å²) in [6, 6.07) is 9.98. The third-order valence-electron chi connectivity index (χ3n) is 3.35. The highest BCUT2D eigenvalue weighted by molar-refractivity contribution is 5.93. The highest BCUT2D eigenvalue weighted by Gasteiger charge is 2.14. The van der Waals surface area contributed by atoms with E-state index in [-0.39, 0.29) is 11.6 Å². The third kappa shape index (κ3) is 3.68. The normalized spacial score (nSPS) is 11.7. The van der Waals surface area contributed by atoms with Gasteiger partial charge in [-0.05, 0) is 19.1 Å². The van der Waals surface area contributed by atoms with Gasteiger partial charge in [-0.3, -0.25) is 9.59 Å². The fourth-order valence-electron chi connectivity index (χ4n) is 1.90. The molecule has 1 amide bonds. The fraction of sp³-hybridized carbons (Fsp3) is 0.267. The highest BCUT2D eigenvalue weighted by Crippen LogP contribution is 2.13. The summed E-state index contributed by atoms with van der Waals surface area (Å²) in [7, 11) is 1.96. The molecule has 0 aliphatic heterocycles. The van der Waals surface area contributed by atoms with Crippen molar-refractivity contribution in [3.63, 3.8) is 0 Å². The third-order valence-corrected chi connectivity index (χ3v) is 3.35. The summed E-state index contributed by atoms with van der Waals surface area (Å²) in [5.74, 6) is -0.419. The molecule has 0 radical (unpaired) electrons. The predicted octanol–water partition coefficient (Wildman–Crippen LogP) is 1.02. The van der Waals surface area contributed by atoms with Crippen molar-refractivity contribution in [1.82, 2.24) is 15.3 Å². The van der Waals surface area contributed by atoms with Crippen molar-refractivity contribution in [3.05, 3.63) is 58.8 Å². The van der Waals surface area contributed by atoms with E-state index in [0.29, 0.717) is 6.54 Å². The topological polar surface area (TPSA) is 78.1 Å². The average Bonchev–Trinajstić information content (AvgIpc) is 2.52. The monoisotopic (exact) mass is 286 g/mol. The Bertz CT molecular complexity index is 654. The minimum absolute atomic E-state index is 0.0204. The Labute approximate surface area is 122 Å². The lowest BCUT2D eigenvalue weighted by atomic mass is 10.2. The molecule has 0 unspecified atom stereocenters. The molecule has 0 aliphatic carbocycles. The van der Waals surface area contributed by atoms with E-state index in [1.54, 1.807) is 0 Å². The first-order valence-corrected chi connectivity index (χ1v) is 6.68. The van der Waals surface area contributed by atoms with Gasteiger partial charge in [0, 0.05) is 31.5 Å². The summed E-state index contributed by atoms with van der Waals surface area (Å²) in [6.45, 7) is 2.43. The van der Waals surface area contributed by atoms with Gasteiger partial charge in [-0.1, -0.05) is 18.2 Å². The molecule has 1 aromatic carbocycles. The molecule has 21 heavy (non-hydrogen) atoms. The number of aromatic nitrogens is 2. The molecule has 1 aromatic heterocycles. The smallest absolute Gasteiger partial charge is 0.263 e. The molecule has 0 saturated heterocycles. The van der Waals surface area contributed by atoms with Crippen molar-refractivity contribution in [1.29, 1.82) is 0 Å². The first-order chi connectivity index (χ1) is 10.1. The second-order valence-electron chi connectivity index (χ2n) is 4.80. The SMILES string of the molecule is C[C@H](CNC(=O)c1cnc[nH]c1=O)N(C)c1ccccc1. The van der Waals surface area contributed by atoms with Crippen LogP contribution < -0.4 is 15.8 Å². The Balaban J connectivity index is 1.95. The van der Waals surface area contributed by atoms with Crippen LogP contribution in [0.5, 0.6) is 0 Å². The maximum Gasteiger partial charge on any atom is 0.263 e. The molecule has 6 heteroatoms. The second kappa shape index (κ2) is 6.69. The van der Waals surface area contributed by atoms with E-state index < -0.39 is 11.5 Å². The number of likely N-dealkylation sites (N-methyl/N-ethyl adjacent to an activating group) is 1. The lowest BCUT2D eigenvalue weighted by Gasteiger charge is -2.27. The van der Waals surface area contributed by atoms with Gasteiger partial charge in [-0.2, -0.15) is 0 Å². The van der Waals surface area contributed by atoms with Gasteiger partial charge in [-0.25, -0.2) is 4.98 Å². The summed E-state index contributed by atoms with van der Waals surface area (Å²) < 4.78 is 0. The van der Waals surface area contributed by atoms with E-state index in [1.807, 2.05) is 44.3 Å². The van der Waals surface area contributed by atoms with Crippen LogP contribution in [0, 0.1) is 0 Å². The Hall–Kier alpha value is -2.63. The summed E-state index contributed by atoms with van der Waals surface area (Å²) >= 11 is 0. The van der Waals surface area contributed by atoms with Crippen molar-refractivity contribution >= 4 is 11.6 Å². The number of rotatable bonds is 5. The summed E-state index contributed by atoms with van der Waals surface area (Å²) in [4.78, 5) is 31.6. The van der Waals surface area contributed by atoms with Crippen molar-refractivity contribution in [2.75, 3.05) is 18.5 Å². The summed E-state index contributed by atoms with van der Waals surface area (Å²) in [5, 5.41) is 2.75. The number of anilines is 1. The van der Waals surface area contributed by atoms with E-state index in [9.17, 15) is 9.59 Å². The Kier molecular flexibility index (Phi) is 4.71. The molecule has 0 spiro atoms. The van der Waals surface area contributed by atoms with E-state index in [0.717, 1.165) is 5.69 Å². The largest absolute Gasteiger partial charge is 0.370 e. The van der Waals surface area contributed by atoms with Crippen molar-refractivity contribution in [2.45, 2.75) is 13.0 Å². The molecular weight excluding hydrogens is 268 g/mol. The van der Waals surface area contributed by atoms with Crippen LogP contribution in [-0.2, 0) is 0 Å². The van der Waals surface area contributed by atoms with Crippen LogP contribution in [0.4, 0.5) is 5.69 Å². The van der Waals surface area contributed by atoms with Crippen LogP contribution in [0.2, 0.25) is 0 Å². The lowest BCUT2D eigenvalue weighted by molar-refractivity contribution is 0.0949. The number of H-pyrrole nitrogens is 1. The molecule has 0 bridgehead atoms. The number of carbonyl (C=O) groups is 1. The van der Waals surface area contributed by atoms with Crippen LogP contribution in [0.15, 0.2) is 47.7 Å². The van der Waals surface area contributed by atoms with E-state index in [1.165, 1.54) is 12.5 Å². The van der Waals surface area contributed by atoms with E-state index >= 15 is 0 Å². The second-order valence-corrected chi connectivity index (χ2v) is 4.80. The van der Waals surface area contributed by atoms with Gasteiger partial charge in [0.15, 0.2) is 0 Å². The summed E-state index contributed by atoms with van der Waals surface area (Å²) in [5.41, 5.74) is 0.650. The zero-order valence-electron chi connectivity index (χ0n) is 12.0. The quantitative estimate of drug-likeness (QED) is 0.860. The number of hydrogen-bond acceptors (Lipinski definition) is 4. The Morgan fingerprint density at radius 2 is 2.10 bits per heavy atom. The fourth-order valence-corrected chi connectivity index (χ4v) is 1.90. The number of aromatic amines is 1. The molecular formula is C15H18N4O2. The molecule has 1 heterocycles. The average molecular weight is 286 g/mol. The first-order valence-electron chi connectivity index (χ1n) is 6.68. The van der Waals surface area contributed by atoms with Gasteiger partial charge in [0.05, 0.1) is 6.33 Å². The standard InChI is InChI=1S/C15H18N4O2/c1-11(19(2)12-6-4-3-5-7-12)8-17-14(20)13-9-16-10-18-15(13)21/h3-7,9-11H,8H2,1-2H3,(H,17,20)(H,16,18,21)/t11-/m1/s1. The number of benzene rings is 1. The maximum atomic E-state index is 11.9. The van der Waals surface area contributed by atoms with Gasteiger partial charge in [0.2, 0.25) is 0 Å². The Morgan fingerprint density at radius 3 is 2.76 bits per heavy atom. The molecule has 2 N–H and O–H groups in total. The van der Waals surface area contributed by atoms with Crippen LogP contribution in [0.1, 0.15) is 17.3 Å². The molecule has 0 fully saturated rings. The number of hydrogen-bond donors (Lipinski definition) is 2. The maximum absolute atomic E-state index is 11.9. The van der Waals surface area contributed by atoms with Crippen LogP contribution >= 0.6 is 0 Å². The van der Waals surface area contributed by atoms with Crippen LogP contribution in [-0.4, -0.2) is 35.5 Å². The minimum Gasteiger partial charge on any atom is -0.370 e. The van der Waals surface area contributed by atoms with Gasteiger partial charge < -0.3 is 15.2 Å². The van der Waals surface area contributed by atoms with Gasteiger partial charge in [-0.15, -0.1) is 0 Å². The number of carbonyl (C=O) groups excluding carboxylic acids is 1. The van der Waals surface area contributed by atoms with Crippen LogP contribution in [0.3, 0.4) is 0 Å². The van der Waals surface area contributed by atoms with Crippen molar-refractivity contribution < 1.29 is 4.79 Å². The summed E-state index contributed by atoms with van der Waals surface area (Å²) in [6.07, 6.45) is 2.52. The molecule has 2 rings (SSSR count). The molecule has 2 aromatic rings. The molecule has 110 valence electrons. The molecule has 1 atom stereocenters. The Morgan fingerprint density at radius 1 is 1.38 bits per heavy atom.